The molecule has 166 valence electrons. The van der Waals surface area contributed by atoms with Crippen molar-refractivity contribution in [1.82, 2.24) is 4.90 Å². The lowest BCUT2D eigenvalue weighted by Gasteiger charge is -2.68. The van der Waals surface area contributed by atoms with Crippen molar-refractivity contribution in [2.24, 2.45) is 0 Å². The van der Waals surface area contributed by atoms with E-state index in [-0.39, 0.29) is 11.9 Å². The number of carbonyl (C=O) groups excluding carboxylic acids is 1. The maximum atomic E-state index is 14.4. The average molecular weight is 460 g/mol. The quantitative estimate of drug-likeness (QED) is 0.311. The Morgan fingerprint density at radius 1 is 0.647 bits per heavy atom. The Labute approximate surface area is 205 Å². The average Bonchev–Trinajstić information content (AvgIpc) is 2.90. The van der Waals surface area contributed by atoms with Gasteiger partial charge in [0.1, 0.15) is 10.3 Å². The van der Waals surface area contributed by atoms with Crippen LogP contribution in [0.1, 0.15) is 29.2 Å². The van der Waals surface area contributed by atoms with Crippen LogP contribution in [0.4, 0.5) is 0 Å². The first kappa shape index (κ1) is 21.0. The van der Waals surface area contributed by atoms with Gasteiger partial charge in [-0.05, 0) is 35.3 Å². The summed E-state index contributed by atoms with van der Waals surface area (Å²) >= 11 is 1.81. The molecule has 0 N–H and O–H groups in total. The summed E-state index contributed by atoms with van der Waals surface area (Å²) in [4.78, 5) is 17.1. The van der Waals surface area contributed by atoms with Gasteiger partial charge in [0.15, 0.2) is 0 Å². The molecule has 4 aromatic carbocycles. The highest BCUT2D eigenvalue weighted by Gasteiger charge is 2.75. The highest BCUT2D eigenvalue weighted by Crippen LogP contribution is 2.70. The lowest BCUT2D eigenvalue weighted by molar-refractivity contribution is -0.165. The van der Waals surface area contributed by atoms with Gasteiger partial charge in [-0.2, -0.15) is 0 Å². The van der Waals surface area contributed by atoms with Gasteiger partial charge >= 0.3 is 0 Å². The number of nitrogens with zero attached hydrogens (tertiary/aromatic N) is 1. The third kappa shape index (κ3) is 2.74. The first-order valence-corrected chi connectivity index (χ1v) is 12.5. The fourth-order valence-corrected chi connectivity index (χ4v) is 7.61. The molecule has 0 radical (unpaired) electrons. The number of carbonyl (C=O) groups is 1. The van der Waals surface area contributed by atoms with Crippen molar-refractivity contribution in [3.63, 3.8) is 0 Å². The van der Waals surface area contributed by atoms with E-state index >= 15 is 0 Å². The molecule has 0 aliphatic carbocycles. The summed E-state index contributed by atoms with van der Waals surface area (Å²) in [5.41, 5.74) is 3.54. The molecule has 2 unspecified atom stereocenters. The standard InChI is InChI=1S/C31H25NOS/c1-23-22-28(24-14-6-2-7-15-24)34-31(27-20-12-5-13-21-27)30(29(33)32(23)31,25-16-8-3-9-17-25)26-18-10-4-11-19-26/h2-23H,1H3. The maximum absolute atomic E-state index is 14.4. The predicted molar refractivity (Wildman–Crippen MR) is 140 cm³/mol. The minimum atomic E-state index is -0.843. The first-order chi connectivity index (χ1) is 16.7. The molecule has 0 bridgehead atoms. The SMILES string of the molecule is CC1C=C(c2ccccc2)SC2(c3ccccc3)N1C(=O)C2(c1ccccc1)c1ccccc1. The van der Waals surface area contributed by atoms with Crippen LogP contribution in [0.5, 0.6) is 0 Å². The molecule has 2 atom stereocenters. The predicted octanol–water partition coefficient (Wildman–Crippen LogP) is 6.84. The molecule has 3 heteroatoms. The van der Waals surface area contributed by atoms with E-state index in [1.807, 2.05) is 48.5 Å². The second-order valence-corrected chi connectivity index (χ2v) is 10.1. The summed E-state index contributed by atoms with van der Waals surface area (Å²) < 4.78 is 0. The third-order valence-corrected chi connectivity index (χ3v) is 8.71. The topological polar surface area (TPSA) is 20.3 Å². The van der Waals surface area contributed by atoms with Crippen molar-refractivity contribution >= 4 is 22.6 Å². The molecule has 2 heterocycles. The zero-order valence-corrected chi connectivity index (χ0v) is 19.8. The van der Waals surface area contributed by atoms with Gasteiger partial charge in [0.2, 0.25) is 5.91 Å². The lowest BCUT2D eigenvalue weighted by Crippen LogP contribution is -2.79. The number of fused-ring (bicyclic) bond motifs is 1. The number of rotatable bonds is 4. The molecule has 1 saturated heterocycles. The van der Waals surface area contributed by atoms with E-state index in [1.54, 1.807) is 11.8 Å². The van der Waals surface area contributed by atoms with E-state index in [1.165, 1.54) is 10.5 Å². The van der Waals surface area contributed by atoms with Crippen molar-refractivity contribution in [3.8, 4) is 0 Å². The minimum absolute atomic E-state index is 0.0373. The van der Waals surface area contributed by atoms with Gasteiger partial charge in [-0.1, -0.05) is 133 Å². The summed E-state index contributed by atoms with van der Waals surface area (Å²) in [6.45, 7) is 2.14. The van der Waals surface area contributed by atoms with Crippen molar-refractivity contribution < 1.29 is 4.79 Å². The first-order valence-electron chi connectivity index (χ1n) is 11.7. The van der Waals surface area contributed by atoms with Crippen LogP contribution in [0.2, 0.25) is 0 Å². The minimum Gasteiger partial charge on any atom is -0.314 e. The molecule has 34 heavy (non-hydrogen) atoms. The number of hydrogen-bond acceptors (Lipinski definition) is 2. The van der Waals surface area contributed by atoms with Gasteiger partial charge in [-0.15, -0.1) is 0 Å². The highest BCUT2D eigenvalue weighted by atomic mass is 32.2. The molecule has 1 fully saturated rings. The fraction of sp³-hybridized carbons (Fsp3) is 0.129. The monoisotopic (exact) mass is 459 g/mol. The van der Waals surface area contributed by atoms with Crippen LogP contribution in [0.15, 0.2) is 127 Å². The molecule has 0 saturated carbocycles. The van der Waals surface area contributed by atoms with Crippen LogP contribution in [-0.4, -0.2) is 16.8 Å². The van der Waals surface area contributed by atoms with Gasteiger partial charge in [0, 0.05) is 4.91 Å². The Morgan fingerprint density at radius 3 is 1.59 bits per heavy atom. The van der Waals surface area contributed by atoms with E-state index in [4.69, 9.17) is 0 Å². The van der Waals surface area contributed by atoms with E-state index in [0.717, 1.165) is 16.7 Å². The van der Waals surface area contributed by atoms with E-state index in [0.29, 0.717) is 0 Å². The van der Waals surface area contributed by atoms with E-state index in [2.05, 4.69) is 90.7 Å². The number of thioether (sulfide) groups is 1. The number of benzene rings is 4. The maximum Gasteiger partial charge on any atom is 0.243 e. The lowest BCUT2D eigenvalue weighted by atomic mass is 9.58. The van der Waals surface area contributed by atoms with Crippen molar-refractivity contribution in [2.75, 3.05) is 0 Å². The molecular formula is C31H25NOS. The van der Waals surface area contributed by atoms with Gasteiger partial charge in [0.05, 0.1) is 6.04 Å². The van der Waals surface area contributed by atoms with Gasteiger partial charge < -0.3 is 4.90 Å². The summed E-state index contributed by atoms with van der Waals surface area (Å²) in [6.07, 6.45) is 2.24. The van der Waals surface area contributed by atoms with Crippen molar-refractivity contribution in [3.05, 3.63) is 150 Å². The van der Waals surface area contributed by atoms with Crippen LogP contribution in [0, 0.1) is 0 Å². The third-order valence-electron chi connectivity index (χ3n) is 7.08. The summed E-state index contributed by atoms with van der Waals surface area (Å²) in [6, 6.07) is 41.7. The molecule has 4 aromatic rings. The van der Waals surface area contributed by atoms with Crippen molar-refractivity contribution in [1.29, 1.82) is 0 Å². The van der Waals surface area contributed by atoms with Crippen LogP contribution >= 0.6 is 11.8 Å². The van der Waals surface area contributed by atoms with E-state index in [9.17, 15) is 4.79 Å². The summed E-state index contributed by atoms with van der Waals surface area (Å²) in [7, 11) is 0. The molecule has 2 aliphatic heterocycles. The van der Waals surface area contributed by atoms with Gasteiger partial charge in [-0.25, -0.2) is 0 Å². The zero-order valence-electron chi connectivity index (χ0n) is 19.0. The van der Waals surface area contributed by atoms with Gasteiger partial charge in [0.25, 0.3) is 0 Å². The molecule has 2 nitrogen and oxygen atoms in total. The molecule has 0 aromatic heterocycles. The molecule has 6 rings (SSSR count). The molecular weight excluding hydrogens is 434 g/mol. The fourth-order valence-electron chi connectivity index (χ4n) is 5.70. The van der Waals surface area contributed by atoms with E-state index < -0.39 is 10.3 Å². The molecule has 1 amide bonds. The van der Waals surface area contributed by atoms with Crippen LogP contribution in [-0.2, 0) is 15.1 Å². The molecule has 0 spiro atoms. The number of amides is 1. The smallest absolute Gasteiger partial charge is 0.243 e. The largest absolute Gasteiger partial charge is 0.314 e. The highest BCUT2D eigenvalue weighted by molar-refractivity contribution is 8.09. The van der Waals surface area contributed by atoms with Gasteiger partial charge in [-0.3, -0.25) is 4.79 Å². The Bertz CT molecular complexity index is 1310. The summed E-state index contributed by atoms with van der Waals surface area (Å²) in [5.74, 6) is 0.150. The Balaban J connectivity index is 1.69. The van der Waals surface area contributed by atoms with Crippen LogP contribution in [0.3, 0.4) is 0 Å². The Kier molecular flexibility index (Phi) is 4.96. The Morgan fingerprint density at radius 2 is 1.09 bits per heavy atom. The normalized spacial score (nSPS) is 23.0. The number of hydrogen-bond donors (Lipinski definition) is 0. The number of β-lactam (4-membered cyclic amide) rings is 1. The second-order valence-electron chi connectivity index (χ2n) is 8.91. The van der Waals surface area contributed by atoms with Crippen LogP contribution < -0.4 is 0 Å². The Hall–Kier alpha value is -3.56. The summed E-state index contributed by atoms with van der Waals surface area (Å²) in [5, 5.41) is 0. The second kappa shape index (κ2) is 8.03. The zero-order chi connectivity index (χ0) is 23.2. The van der Waals surface area contributed by atoms with Crippen LogP contribution in [0.25, 0.3) is 4.91 Å². The molecule has 2 aliphatic rings. The van der Waals surface area contributed by atoms with Crippen molar-refractivity contribution in [2.45, 2.75) is 23.3 Å².